The molecule has 1 amide bonds. The third kappa shape index (κ3) is 4.53. The number of hydrogen-bond acceptors (Lipinski definition) is 2. The second-order valence-corrected chi connectivity index (χ2v) is 5.32. The van der Waals surface area contributed by atoms with Gasteiger partial charge in [-0.05, 0) is 18.8 Å². The summed E-state index contributed by atoms with van der Waals surface area (Å²) in [5.74, 6) is -0.0851. The van der Waals surface area contributed by atoms with Crippen LogP contribution in [0.1, 0.15) is 26.7 Å². The molecule has 0 saturated carbocycles. The van der Waals surface area contributed by atoms with Gasteiger partial charge in [0, 0.05) is 25.2 Å². The molecular formula is C13H21F3N2O. The molecule has 0 aromatic heterocycles. The summed E-state index contributed by atoms with van der Waals surface area (Å²) in [6.45, 7) is 4.38. The highest BCUT2D eigenvalue weighted by Gasteiger charge is 2.36. The molecule has 1 aliphatic heterocycles. The van der Waals surface area contributed by atoms with Crippen molar-refractivity contribution < 1.29 is 18.0 Å². The van der Waals surface area contributed by atoms with Crippen LogP contribution in [-0.2, 0) is 4.79 Å². The van der Waals surface area contributed by atoms with Gasteiger partial charge in [-0.25, -0.2) is 0 Å². The smallest absolute Gasteiger partial charge is 0.338 e. The molecule has 0 fully saturated rings. The van der Waals surface area contributed by atoms with Crippen LogP contribution in [0.25, 0.3) is 0 Å². The van der Waals surface area contributed by atoms with E-state index >= 15 is 0 Å². The van der Waals surface area contributed by atoms with E-state index in [0.717, 1.165) is 6.08 Å². The highest BCUT2D eigenvalue weighted by molar-refractivity contribution is 5.79. The van der Waals surface area contributed by atoms with Crippen molar-refractivity contribution >= 4 is 5.91 Å². The zero-order valence-corrected chi connectivity index (χ0v) is 11.3. The lowest BCUT2D eigenvalue weighted by molar-refractivity contribution is -0.136. The Labute approximate surface area is 111 Å². The van der Waals surface area contributed by atoms with Crippen molar-refractivity contribution in [2.75, 3.05) is 19.6 Å². The summed E-state index contributed by atoms with van der Waals surface area (Å²) in [4.78, 5) is 13.6. The number of carbonyl (C=O) groups excluding carboxylic acids is 1. The van der Waals surface area contributed by atoms with Gasteiger partial charge in [-0.1, -0.05) is 19.9 Å². The molecule has 3 nitrogen and oxygen atoms in total. The zero-order valence-electron chi connectivity index (χ0n) is 11.3. The number of halogens is 3. The Balaban J connectivity index is 2.64. The highest BCUT2D eigenvalue weighted by atomic mass is 19.4. The number of nitrogens with zero attached hydrogens (tertiary/aromatic N) is 1. The Morgan fingerprint density at radius 2 is 2.11 bits per heavy atom. The number of nitrogens with two attached hydrogens (primary N) is 1. The van der Waals surface area contributed by atoms with Gasteiger partial charge in [0.2, 0.25) is 5.91 Å². The number of alkyl halides is 3. The van der Waals surface area contributed by atoms with Gasteiger partial charge in [-0.15, -0.1) is 0 Å². The largest absolute Gasteiger partial charge is 0.412 e. The van der Waals surface area contributed by atoms with Gasteiger partial charge in [0.25, 0.3) is 0 Å². The van der Waals surface area contributed by atoms with Gasteiger partial charge in [0.15, 0.2) is 0 Å². The van der Waals surface area contributed by atoms with Crippen LogP contribution in [0.2, 0.25) is 0 Å². The number of rotatable bonds is 4. The van der Waals surface area contributed by atoms with Crippen LogP contribution >= 0.6 is 0 Å². The van der Waals surface area contributed by atoms with Gasteiger partial charge in [0.1, 0.15) is 0 Å². The molecule has 0 saturated heterocycles. The summed E-state index contributed by atoms with van der Waals surface area (Å²) < 4.78 is 37.4. The fourth-order valence-electron chi connectivity index (χ4n) is 2.25. The van der Waals surface area contributed by atoms with E-state index in [1.165, 1.54) is 4.90 Å². The number of hydrogen-bond donors (Lipinski definition) is 1. The van der Waals surface area contributed by atoms with Crippen molar-refractivity contribution in [3.8, 4) is 0 Å². The van der Waals surface area contributed by atoms with Crippen LogP contribution in [-0.4, -0.2) is 36.6 Å². The number of amides is 1. The predicted molar refractivity (Wildman–Crippen MR) is 67.3 cm³/mol. The Bertz CT molecular complexity index is 350. The lowest BCUT2D eigenvalue weighted by atomic mass is 9.95. The Morgan fingerprint density at radius 1 is 1.47 bits per heavy atom. The zero-order chi connectivity index (χ0) is 14.6. The van der Waals surface area contributed by atoms with Crippen LogP contribution in [0.3, 0.4) is 0 Å². The van der Waals surface area contributed by atoms with Crippen molar-refractivity contribution in [2.24, 2.45) is 17.6 Å². The van der Waals surface area contributed by atoms with E-state index in [9.17, 15) is 18.0 Å². The quantitative estimate of drug-likeness (QED) is 0.802. The van der Waals surface area contributed by atoms with E-state index in [4.69, 9.17) is 5.73 Å². The van der Waals surface area contributed by atoms with Crippen molar-refractivity contribution in [3.05, 3.63) is 11.6 Å². The molecule has 6 heteroatoms. The van der Waals surface area contributed by atoms with Crippen LogP contribution in [0, 0.1) is 11.8 Å². The molecule has 1 unspecified atom stereocenters. The summed E-state index contributed by atoms with van der Waals surface area (Å²) in [7, 11) is 0. The van der Waals surface area contributed by atoms with E-state index < -0.39 is 11.7 Å². The molecule has 19 heavy (non-hydrogen) atoms. The first-order valence-electron chi connectivity index (χ1n) is 6.50. The lowest BCUT2D eigenvalue weighted by Gasteiger charge is -2.30. The summed E-state index contributed by atoms with van der Waals surface area (Å²) in [5.41, 5.74) is 5.04. The Morgan fingerprint density at radius 3 is 2.47 bits per heavy atom. The summed E-state index contributed by atoms with van der Waals surface area (Å²) in [6.07, 6.45) is -2.64. The first-order valence-corrected chi connectivity index (χ1v) is 6.50. The number of carbonyl (C=O) groups is 1. The van der Waals surface area contributed by atoms with Crippen LogP contribution in [0.5, 0.6) is 0 Å². The molecule has 0 aliphatic carbocycles. The minimum Gasteiger partial charge on any atom is -0.338 e. The topological polar surface area (TPSA) is 46.3 Å². The standard InChI is InChI=1S/C13H21F3N2O/c1-9(2)7-10(8-17)12(19)18-5-3-11(4-6-18)13(14,15)16/h3,9-10H,4-8,17H2,1-2H3. The van der Waals surface area contributed by atoms with E-state index in [-0.39, 0.29) is 37.9 Å². The van der Waals surface area contributed by atoms with Crippen LogP contribution < -0.4 is 5.73 Å². The molecule has 0 spiro atoms. The molecule has 2 N–H and O–H groups in total. The fourth-order valence-corrected chi connectivity index (χ4v) is 2.25. The van der Waals surface area contributed by atoms with E-state index in [1.54, 1.807) is 0 Å². The molecule has 1 rings (SSSR count). The highest BCUT2D eigenvalue weighted by Crippen LogP contribution is 2.30. The molecule has 110 valence electrons. The first-order chi connectivity index (χ1) is 8.75. The molecule has 0 aromatic rings. The monoisotopic (exact) mass is 278 g/mol. The molecule has 0 bridgehead atoms. The molecular weight excluding hydrogens is 257 g/mol. The summed E-state index contributed by atoms with van der Waals surface area (Å²) >= 11 is 0. The van der Waals surface area contributed by atoms with E-state index in [1.807, 2.05) is 13.8 Å². The molecule has 0 radical (unpaired) electrons. The molecule has 1 heterocycles. The van der Waals surface area contributed by atoms with Crippen LogP contribution in [0.4, 0.5) is 13.2 Å². The Hall–Kier alpha value is -1.04. The minimum atomic E-state index is -4.28. The second-order valence-electron chi connectivity index (χ2n) is 5.32. The maximum absolute atomic E-state index is 12.5. The van der Waals surface area contributed by atoms with Crippen molar-refractivity contribution in [3.63, 3.8) is 0 Å². The summed E-state index contributed by atoms with van der Waals surface area (Å²) in [6, 6.07) is 0. The van der Waals surface area contributed by atoms with Crippen LogP contribution in [0.15, 0.2) is 11.6 Å². The van der Waals surface area contributed by atoms with Gasteiger partial charge in [0.05, 0.1) is 5.92 Å². The van der Waals surface area contributed by atoms with E-state index in [2.05, 4.69) is 0 Å². The predicted octanol–water partition coefficient (Wildman–Crippen LogP) is 2.33. The average molecular weight is 278 g/mol. The van der Waals surface area contributed by atoms with Crippen molar-refractivity contribution in [1.82, 2.24) is 4.90 Å². The first kappa shape index (κ1) is 16.0. The van der Waals surface area contributed by atoms with Crippen molar-refractivity contribution in [1.29, 1.82) is 0 Å². The minimum absolute atomic E-state index is 0.0300. The maximum atomic E-state index is 12.5. The van der Waals surface area contributed by atoms with Gasteiger partial charge >= 0.3 is 6.18 Å². The van der Waals surface area contributed by atoms with Gasteiger partial charge in [-0.2, -0.15) is 13.2 Å². The lowest BCUT2D eigenvalue weighted by Crippen LogP contribution is -2.42. The normalized spacial score (nSPS) is 18.5. The SMILES string of the molecule is CC(C)CC(CN)C(=O)N1CC=C(C(F)(F)F)CC1. The Kier molecular flexibility index (Phi) is 5.40. The van der Waals surface area contributed by atoms with E-state index in [0.29, 0.717) is 12.3 Å². The van der Waals surface area contributed by atoms with Gasteiger partial charge < -0.3 is 10.6 Å². The fraction of sp³-hybridized carbons (Fsp3) is 0.769. The molecule has 1 atom stereocenters. The molecule has 1 aliphatic rings. The van der Waals surface area contributed by atoms with Gasteiger partial charge in [-0.3, -0.25) is 4.79 Å². The third-order valence-electron chi connectivity index (χ3n) is 3.27. The molecule has 0 aromatic carbocycles. The second kappa shape index (κ2) is 6.41. The van der Waals surface area contributed by atoms with Crippen molar-refractivity contribution in [2.45, 2.75) is 32.9 Å². The average Bonchev–Trinajstić information content (AvgIpc) is 2.34. The third-order valence-corrected chi connectivity index (χ3v) is 3.27. The maximum Gasteiger partial charge on any atom is 0.412 e. The summed E-state index contributed by atoms with van der Waals surface area (Å²) in [5, 5.41) is 0.